The van der Waals surface area contributed by atoms with Crippen molar-refractivity contribution in [2.24, 2.45) is 0 Å². The van der Waals surface area contributed by atoms with Crippen molar-refractivity contribution < 1.29 is 9.18 Å². The molecule has 0 atom stereocenters. The average Bonchev–Trinajstić information content (AvgIpc) is 3.11. The van der Waals surface area contributed by atoms with Crippen molar-refractivity contribution in [1.82, 2.24) is 14.5 Å². The molecule has 1 amide bonds. The molecule has 1 fully saturated rings. The number of nitrogens with one attached hydrogen (secondary N) is 1. The Morgan fingerprint density at radius 3 is 2.36 bits per heavy atom. The number of nitrogens with zero attached hydrogens (tertiary/aromatic N) is 4. The van der Waals surface area contributed by atoms with E-state index in [0.717, 1.165) is 54.1 Å². The van der Waals surface area contributed by atoms with E-state index in [1.165, 1.54) is 18.6 Å². The first-order chi connectivity index (χ1) is 16.0. The van der Waals surface area contributed by atoms with E-state index in [0.29, 0.717) is 5.65 Å². The summed E-state index contributed by atoms with van der Waals surface area (Å²) >= 11 is 0. The summed E-state index contributed by atoms with van der Waals surface area (Å²) in [4.78, 5) is 24.8. The highest BCUT2D eigenvalue weighted by atomic mass is 19.1. The van der Waals surface area contributed by atoms with Gasteiger partial charge in [0.15, 0.2) is 5.65 Å². The topological polar surface area (TPSA) is 63.1 Å². The third-order valence-corrected chi connectivity index (χ3v) is 6.33. The molecular weight excluding hydrogens is 417 g/mol. The van der Waals surface area contributed by atoms with Gasteiger partial charge in [0, 0.05) is 24.5 Å². The van der Waals surface area contributed by atoms with Crippen LogP contribution in [0, 0.1) is 19.7 Å². The van der Waals surface area contributed by atoms with Gasteiger partial charge in [-0.05, 0) is 62.9 Å². The summed E-state index contributed by atoms with van der Waals surface area (Å²) < 4.78 is 16.2. The highest BCUT2D eigenvalue weighted by molar-refractivity contribution is 6.04. The Hall–Kier alpha value is -3.74. The first-order valence-electron chi connectivity index (χ1n) is 11.3. The van der Waals surface area contributed by atoms with Crippen LogP contribution in [0.25, 0.3) is 16.7 Å². The smallest absolute Gasteiger partial charge is 0.293 e. The molecule has 1 aliphatic heterocycles. The number of para-hydroxylation sites is 2. The van der Waals surface area contributed by atoms with Crippen LogP contribution in [0.4, 0.5) is 15.9 Å². The van der Waals surface area contributed by atoms with E-state index < -0.39 is 11.7 Å². The van der Waals surface area contributed by atoms with Gasteiger partial charge in [0.05, 0.1) is 11.1 Å². The SMILES string of the molecule is Cc1c(C)n(-c2ccccc2)c2nc(C(=O)Nc3ccccc3F)nc(N3CCCCC3)c12. The van der Waals surface area contributed by atoms with Crippen molar-refractivity contribution in [1.29, 1.82) is 0 Å². The number of hydrogen-bond acceptors (Lipinski definition) is 4. The summed E-state index contributed by atoms with van der Waals surface area (Å²) in [6.07, 6.45) is 3.35. The fourth-order valence-corrected chi connectivity index (χ4v) is 4.51. The minimum absolute atomic E-state index is 0.0287. The van der Waals surface area contributed by atoms with Crippen molar-refractivity contribution in [3.05, 3.63) is 77.5 Å². The van der Waals surface area contributed by atoms with E-state index in [2.05, 4.69) is 28.6 Å². The van der Waals surface area contributed by atoms with Gasteiger partial charge in [0.1, 0.15) is 11.6 Å². The lowest BCUT2D eigenvalue weighted by atomic mass is 10.1. The molecule has 0 radical (unpaired) electrons. The Balaban J connectivity index is 1.70. The molecule has 2 aromatic carbocycles. The molecule has 0 unspecified atom stereocenters. The van der Waals surface area contributed by atoms with Crippen molar-refractivity contribution in [3.8, 4) is 5.69 Å². The number of amides is 1. The Kier molecular flexibility index (Phi) is 5.54. The van der Waals surface area contributed by atoms with Crippen LogP contribution in [0.2, 0.25) is 0 Å². The molecule has 0 saturated carbocycles. The number of aryl methyl sites for hydroxylation is 1. The van der Waals surface area contributed by atoms with Gasteiger partial charge in [-0.15, -0.1) is 0 Å². The largest absolute Gasteiger partial charge is 0.356 e. The third-order valence-electron chi connectivity index (χ3n) is 6.33. The molecule has 4 aromatic rings. The summed E-state index contributed by atoms with van der Waals surface area (Å²) in [5.74, 6) is -0.228. The van der Waals surface area contributed by atoms with Gasteiger partial charge in [-0.1, -0.05) is 30.3 Å². The second-order valence-electron chi connectivity index (χ2n) is 8.43. The van der Waals surface area contributed by atoms with E-state index >= 15 is 0 Å². The normalized spacial score (nSPS) is 14.0. The molecule has 1 aliphatic rings. The zero-order chi connectivity index (χ0) is 22.9. The van der Waals surface area contributed by atoms with Gasteiger partial charge in [0.2, 0.25) is 5.82 Å². The Labute approximate surface area is 192 Å². The van der Waals surface area contributed by atoms with Crippen LogP contribution < -0.4 is 10.2 Å². The van der Waals surface area contributed by atoms with Gasteiger partial charge in [-0.3, -0.25) is 9.36 Å². The Bertz CT molecular complexity index is 1330. The van der Waals surface area contributed by atoms with Crippen molar-refractivity contribution in [2.45, 2.75) is 33.1 Å². The minimum atomic E-state index is -0.531. The maximum absolute atomic E-state index is 14.2. The van der Waals surface area contributed by atoms with Crippen LogP contribution in [0.5, 0.6) is 0 Å². The molecular formula is C26H26FN5O. The number of piperidine rings is 1. The Morgan fingerprint density at radius 2 is 1.64 bits per heavy atom. The van der Waals surface area contributed by atoms with E-state index in [4.69, 9.17) is 9.97 Å². The minimum Gasteiger partial charge on any atom is -0.356 e. The number of carbonyl (C=O) groups excluding carboxylic acids is 1. The zero-order valence-corrected chi connectivity index (χ0v) is 18.8. The summed E-state index contributed by atoms with van der Waals surface area (Å²) in [6, 6.07) is 16.1. The van der Waals surface area contributed by atoms with E-state index in [1.54, 1.807) is 12.1 Å². The molecule has 0 aliphatic carbocycles. The molecule has 168 valence electrons. The maximum atomic E-state index is 14.2. The van der Waals surface area contributed by atoms with E-state index in [9.17, 15) is 9.18 Å². The summed E-state index contributed by atoms with van der Waals surface area (Å²) in [5.41, 5.74) is 3.91. The van der Waals surface area contributed by atoms with Crippen LogP contribution in [0.1, 0.15) is 41.1 Å². The number of fused-ring (bicyclic) bond motifs is 1. The predicted molar refractivity (Wildman–Crippen MR) is 129 cm³/mol. The maximum Gasteiger partial charge on any atom is 0.293 e. The quantitative estimate of drug-likeness (QED) is 0.458. The van der Waals surface area contributed by atoms with Gasteiger partial charge >= 0.3 is 0 Å². The molecule has 6 nitrogen and oxygen atoms in total. The Morgan fingerprint density at radius 1 is 0.939 bits per heavy atom. The van der Waals surface area contributed by atoms with Crippen LogP contribution in [-0.2, 0) is 0 Å². The molecule has 2 aromatic heterocycles. The molecule has 3 heterocycles. The number of halogens is 1. The molecule has 33 heavy (non-hydrogen) atoms. The van der Waals surface area contributed by atoms with Crippen molar-refractivity contribution in [3.63, 3.8) is 0 Å². The molecule has 0 bridgehead atoms. The molecule has 1 N–H and O–H groups in total. The van der Waals surface area contributed by atoms with Crippen LogP contribution in [-0.4, -0.2) is 33.5 Å². The first-order valence-corrected chi connectivity index (χ1v) is 11.3. The number of anilines is 2. The molecule has 0 spiro atoms. The summed E-state index contributed by atoms with van der Waals surface area (Å²) in [7, 11) is 0. The number of hydrogen-bond donors (Lipinski definition) is 1. The van der Waals surface area contributed by atoms with Crippen molar-refractivity contribution in [2.75, 3.05) is 23.3 Å². The second-order valence-corrected chi connectivity index (χ2v) is 8.43. The van der Waals surface area contributed by atoms with Crippen LogP contribution in [0.3, 0.4) is 0 Å². The average molecular weight is 444 g/mol. The van der Waals surface area contributed by atoms with Gasteiger partial charge in [-0.2, -0.15) is 0 Å². The fraction of sp³-hybridized carbons (Fsp3) is 0.269. The third kappa shape index (κ3) is 3.84. The molecule has 5 rings (SSSR count). The number of benzene rings is 2. The van der Waals surface area contributed by atoms with Crippen LogP contribution >= 0.6 is 0 Å². The molecule has 1 saturated heterocycles. The second kappa shape index (κ2) is 8.65. The summed E-state index contributed by atoms with van der Waals surface area (Å²) in [5, 5.41) is 3.59. The lowest BCUT2D eigenvalue weighted by molar-refractivity contribution is 0.101. The highest BCUT2D eigenvalue weighted by Crippen LogP contribution is 2.34. The van der Waals surface area contributed by atoms with Gasteiger partial charge in [-0.25, -0.2) is 14.4 Å². The predicted octanol–water partition coefficient (Wildman–Crippen LogP) is 5.42. The standard InChI is InChI=1S/C26H26FN5O/c1-17-18(2)32(19-11-5-3-6-12-19)25-22(17)24(31-15-9-4-10-16-31)29-23(30-25)26(33)28-21-14-8-7-13-20(21)27/h3,5-8,11-14H,4,9-10,15-16H2,1-2H3,(H,28,33). The van der Waals surface area contributed by atoms with Gasteiger partial charge in [0.25, 0.3) is 5.91 Å². The van der Waals surface area contributed by atoms with Crippen LogP contribution in [0.15, 0.2) is 54.6 Å². The van der Waals surface area contributed by atoms with Gasteiger partial charge < -0.3 is 10.2 Å². The fourth-order valence-electron chi connectivity index (χ4n) is 4.51. The lowest BCUT2D eigenvalue weighted by Crippen LogP contribution is -2.31. The number of rotatable bonds is 4. The zero-order valence-electron chi connectivity index (χ0n) is 18.8. The van der Waals surface area contributed by atoms with E-state index in [1.807, 2.05) is 30.3 Å². The lowest BCUT2D eigenvalue weighted by Gasteiger charge is -2.28. The van der Waals surface area contributed by atoms with Crippen molar-refractivity contribution >= 4 is 28.4 Å². The first kappa shape index (κ1) is 21.1. The molecule has 7 heteroatoms. The number of carbonyl (C=O) groups is 1. The summed E-state index contributed by atoms with van der Waals surface area (Å²) in [6.45, 7) is 5.90. The number of aromatic nitrogens is 3. The monoisotopic (exact) mass is 443 g/mol. The van der Waals surface area contributed by atoms with E-state index in [-0.39, 0.29) is 11.5 Å². The highest BCUT2D eigenvalue weighted by Gasteiger charge is 2.25.